The standard InChI is InChI=1S/C24H30N3O2/c1-4-26-10-11-28-24-13-19-23(15-21(24)26)29-22-14-20-17(12-18(22)25-19)7-9-27(20)8-5-6-16(2)3/h12-16H,4-11H2,1-3H3/q+1. The van der Waals surface area contributed by atoms with Gasteiger partial charge in [-0.2, -0.15) is 0 Å². The molecule has 5 heteroatoms. The van der Waals surface area contributed by atoms with Crippen molar-refractivity contribution in [2.75, 3.05) is 37.7 Å². The van der Waals surface area contributed by atoms with Gasteiger partial charge in [0, 0.05) is 37.1 Å². The topological polar surface area (TPSA) is 37.1 Å². The Hall–Kier alpha value is -2.56. The van der Waals surface area contributed by atoms with Gasteiger partial charge >= 0.3 is 0 Å². The highest BCUT2D eigenvalue weighted by Gasteiger charge is 2.25. The smallest absolute Gasteiger partial charge is 0.207 e. The molecule has 0 aromatic heterocycles. The lowest BCUT2D eigenvalue weighted by Gasteiger charge is -2.31. The zero-order chi connectivity index (χ0) is 20.0. The summed E-state index contributed by atoms with van der Waals surface area (Å²) in [7, 11) is 0. The van der Waals surface area contributed by atoms with Crippen molar-refractivity contribution in [2.24, 2.45) is 10.9 Å². The number of likely N-dealkylation sites (N-methyl/N-ethyl adjacent to an activating group) is 1. The van der Waals surface area contributed by atoms with Crippen LogP contribution in [0.25, 0.3) is 0 Å². The summed E-state index contributed by atoms with van der Waals surface area (Å²) in [6.07, 6.45) is 3.60. The quantitative estimate of drug-likeness (QED) is 0.624. The molecule has 0 unspecified atom stereocenters. The van der Waals surface area contributed by atoms with Gasteiger partial charge in [-0.05, 0) is 25.3 Å². The molecule has 0 saturated carbocycles. The molecule has 0 spiro atoms. The molecule has 0 atom stereocenters. The fourth-order valence-corrected chi connectivity index (χ4v) is 4.60. The van der Waals surface area contributed by atoms with Gasteiger partial charge in [-0.25, -0.2) is 9.57 Å². The molecule has 0 aliphatic carbocycles. The maximum absolute atomic E-state index is 6.35. The molecule has 0 fully saturated rings. The maximum Gasteiger partial charge on any atom is 0.207 e. The molecule has 3 aliphatic heterocycles. The Morgan fingerprint density at radius 1 is 1.14 bits per heavy atom. The fraction of sp³-hybridized carbons (Fsp3) is 0.500. The van der Waals surface area contributed by atoms with Crippen LogP contribution in [0.5, 0.6) is 17.2 Å². The summed E-state index contributed by atoms with van der Waals surface area (Å²) in [6, 6.07) is 8.54. The zero-order valence-corrected chi connectivity index (χ0v) is 17.7. The average molecular weight is 393 g/mol. The van der Waals surface area contributed by atoms with E-state index >= 15 is 0 Å². The Balaban J connectivity index is 1.52. The molecule has 2 aromatic carbocycles. The summed E-state index contributed by atoms with van der Waals surface area (Å²) in [5.74, 6) is 3.36. The van der Waals surface area contributed by atoms with Crippen molar-refractivity contribution in [3.8, 4) is 17.2 Å². The van der Waals surface area contributed by atoms with Crippen LogP contribution in [0.3, 0.4) is 0 Å². The Kier molecular flexibility index (Phi) is 4.69. The molecule has 5 rings (SSSR count). The van der Waals surface area contributed by atoms with Crippen molar-refractivity contribution >= 4 is 11.4 Å². The van der Waals surface area contributed by atoms with Crippen molar-refractivity contribution < 1.29 is 9.47 Å². The highest BCUT2D eigenvalue weighted by Crippen LogP contribution is 2.44. The molecule has 152 valence electrons. The molecule has 2 aromatic rings. The summed E-state index contributed by atoms with van der Waals surface area (Å²) < 4.78 is 14.7. The van der Waals surface area contributed by atoms with Crippen LogP contribution in [0.15, 0.2) is 29.3 Å². The Morgan fingerprint density at radius 2 is 2.03 bits per heavy atom. The first-order valence-electron chi connectivity index (χ1n) is 11.0. The van der Waals surface area contributed by atoms with Gasteiger partial charge in [0.15, 0.2) is 11.5 Å². The van der Waals surface area contributed by atoms with E-state index in [1.807, 2.05) is 6.07 Å². The average Bonchev–Trinajstić information content (AvgIpc) is 3.10. The van der Waals surface area contributed by atoms with Crippen molar-refractivity contribution in [2.45, 2.75) is 40.0 Å². The minimum Gasteiger partial charge on any atom is -0.489 e. The molecule has 29 heavy (non-hydrogen) atoms. The molecule has 0 radical (unpaired) electrons. The number of hydrogen-bond donors (Lipinski definition) is 0. The van der Waals surface area contributed by atoms with Crippen LogP contribution in [0, 0.1) is 5.92 Å². The van der Waals surface area contributed by atoms with Crippen LogP contribution in [0.2, 0.25) is 0 Å². The van der Waals surface area contributed by atoms with Gasteiger partial charge < -0.3 is 14.4 Å². The molecular weight excluding hydrogens is 362 g/mol. The van der Waals surface area contributed by atoms with Crippen LogP contribution in [-0.2, 0) is 6.42 Å². The lowest BCUT2D eigenvalue weighted by atomic mass is 10.1. The highest BCUT2D eigenvalue weighted by atomic mass is 16.5. The SMILES string of the molecule is CCN1CCOc2cc3c(cc21)Oc1cc2c(cc1=N3)CC[N+]=2CCCC(C)C. The number of rotatable bonds is 5. The van der Waals surface area contributed by atoms with Crippen molar-refractivity contribution in [1.82, 2.24) is 4.58 Å². The van der Waals surface area contributed by atoms with E-state index in [2.05, 4.69) is 48.4 Å². The normalized spacial score (nSPS) is 16.4. The molecule has 3 aliphatic rings. The highest BCUT2D eigenvalue weighted by molar-refractivity contribution is 5.72. The third-order valence-corrected chi connectivity index (χ3v) is 6.20. The van der Waals surface area contributed by atoms with Gasteiger partial charge in [0.25, 0.3) is 0 Å². The summed E-state index contributed by atoms with van der Waals surface area (Å²) in [4.78, 5) is 7.24. The lowest BCUT2D eigenvalue weighted by Crippen LogP contribution is -2.32. The first-order valence-corrected chi connectivity index (χ1v) is 11.0. The molecular formula is C24H30N3O2+. The van der Waals surface area contributed by atoms with Crippen LogP contribution in [-0.4, -0.2) is 32.8 Å². The largest absolute Gasteiger partial charge is 0.489 e. The molecule has 0 bridgehead atoms. The van der Waals surface area contributed by atoms with E-state index < -0.39 is 0 Å². The predicted octanol–water partition coefficient (Wildman–Crippen LogP) is 3.45. The Bertz CT molecular complexity index is 1070. The number of anilines is 1. The van der Waals surface area contributed by atoms with Crippen LogP contribution >= 0.6 is 0 Å². The zero-order valence-electron chi connectivity index (χ0n) is 17.7. The summed E-state index contributed by atoms with van der Waals surface area (Å²) >= 11 is 0. The minimum atomic E-state index is 0.719. The van der Waals surface area contributed by atoms with Gasteiger partial charge in [-0.15, -0.1) is 0 Å². The molecule has 3 heterocycles. The van der Waals surface area contributed by atoms with Gasteiger partial charge in [-0.3, -0.25) is 0 Å². The number of ether oxygens (including phenoxy) is 2. The number of nitrogens with zero attached hydrogens (tertiary/aromatic N) is 3. The number of fused-ring (bicyclic) bond motifs is 4. The maximum atomic E-state index is 6.35. The lowest BCUT2D eigenvalue weighted by molar-refractivity contribution is 0.308. The van der Waals surface area contributed by atoms with E-state index in [4.69, 9.17) is 14.5 Å². The summed E-state index contributed by atoms with van der Waals surface area (Å²) in [5.41, 5.74) is 3.35. The monoisotopic (exact) mass is 392 g/mol. The van der Waals surface area contributed by atoms with Crippen LogP contribution in [0.1, 0.15) is 39.2 Å². The molecule has 0 N–H and O–H groups in total. The van der Waals surface area contributed by atoms with Gasteiger partial charge in [0.1, 0.15) is 36.5 Å². The predicted molar refractivity (Wildman–Crippen MR) is 116 cm³/mol. The molecule has 0 saturated heterocycles. The number of benzene rings is 2. The van der Waals surface area contributed by atoms with E-state index in [1.165, 1.54) is 23.8 Å². The number of hydrogen-bond acceptors (Lipinski definition) is 4. The van der Waals surface area contributed by atoms with Crippen LogP contribution in [0.4, 0.5) is 11.4 Å². The molecule has 5 nitrogen and oxygen atoms in total. The second-order valence-corrected chi connectivity index (χ2v) is 8.65. The molecule has 0 amide bonds. The van der Waals surface area contributed by atoms with Gasteiger partial charge in [0.2, 0.25) is 5.36 Å². The van der Waals surface area contributed by atoms with E-state index in [9.17, 15) is 0 Å². The Labute approximate surface area is 172 Å². The third kappa shape index (κ3) is 3.37. The van der Waals surface area contributed by atoms with Crippen molar-refractivity contribution in [3.05, 3.63) is 40.5 Å². The fourth-order valence-electron chi connectivity index (χ4n) is 4.60. The Morgan fingerprint density at radius 3 is 2.86 bits per heavy atom. The second kappa shape index (κ2) is 7.36. The van der Waals surface area contributed by atoms with Crippen molar-refractivity contribution in [1.29, 1.82) is 0 Å². The first kappa shape index (κ1) is 18.5. The van der Waals surface area contributed by atoms with Gasteiger partial charge in [-0.1, -0.05) is 13.8 Å². The van der Waals surface area contributed by atoms with E-state index in [0.717, 1.165) is 79.1 Å². The van der Waals surface area contributed by atoms with Crippen LogP contribution < -0.4 is 29.7 Å². The second-order valence-electron chi connectivity index (χ2n) is 8.65. The summed E-state index contributed by atoms with van der Waals surface area (Å²) in [5, 5.41) is 2.26. The van der Waals surface area contributed by atoms with E-state index in [0.29, 0.717) is 0 Å². The third-order valence-electron chi connectivity index (χ3n) is 6.20. The van der Waals surface area contributed by atoms with Gasteiger partial charge in [0.05, 0.1) is 18.3 Å². The first-order chi connectivity index (χ1) is 14.1. The van der Waals surface area contributed by atoms with E-state index in [-0.39, 0.29) is 0 Å². The minimum absolute atomic E-state index is 0.719. The summed E-state index contributed by atoms with van der Waals surface area (Å²) in [6.45, 7) is 11.6. The van der Waals surface area contributed by atoms with Crippen molar-refractivity contribution in [3.63, 3.8) is 0 Å². The van der Waals surface area contributed by atoms with E-state index in [1.54, 1.807) is 0 Å².